The third kappa shape index (κ3) is 7.75. The lowest BCUT2D eigenvalue weighted by atomic mass is 9.95. The van der Waals surface area contributed by atoms with Gasteiger partial charge in [0.05, 0.1) is 42.1 Å². The summed E-state index contributed by atoms with van der Waals surface area (Å²) in [5, 5.41) is 14.5. The number of H-pyrrole nitrogens is 2. The van der Waals surface area contributed by atoms with Gasteiger partial charge in [-0.2, -0.15) is 0 Å². The number of benzene rings is 3. The second kappa shape index (κ2) is 16.2. The Morgan fingerprint density at radius 2 is 1.41 bits per heavy atom. The Kier molecular flexibility index (Phi) is 10.9. The van der Waals surface area contributed by atoms with E-state index in [9.17, 15) is 24.3 Å². The molecule has 2 saturated heterocycles. The second-order valence-electron chi connectivity index (χ2n) is 16.8. The number of aromatic amines is 2. The van der Waals surface area contributed by atoms with Crippen LogP contribution < -0.4 is 10.6 Å². The van der Waals surface area contributed by atoms with Gasteiger partial charge in [-0.15, -0.1) is 0 Å². The molecule has 6 atom stereocenters. The van der Waals surface area contributed by atoms with Crippen molar-refractivity contribution in [1.29, 1.82) is 0 Å². The summed E-state index contributed by atoms with van der Waals surface area (Å²) in [7, 11) is 1.31. The van der Waals surface area contributed by atoms with Gasteiger partial charge >= 0.3 is 12.2 Å². The fraction of sp³-hybridized carbons (Fsp3) is 0.422. The summed E-state index contributed by atoms with van der Waals surface area (Å²) in [6.45, 7) is 8.08. The van der Waals surface area contributed by atoms with Crippen molar-refractivity contribution < 1.29 is 29.0 Å². The molecule has 8 rings (SSSR count). The molecule has 3 aliphatic rings. The number of alkyl carbamates (subject to hydrolysis) is 1. The number of fused-ring (bicyclic) bond motifs is 3. The minimum Gasteiger partial charge on any atom is -0.465 e. The lowest BCUT2D eigenvalue weighted by Gasteiger charge is -2.37. The van der Waals surface area contributed by atoms with Crippen LogP contribution in [0.3, 0.4) is 0 Å². The molecule has 0 radical (unpaired) electrons. The quantitative estimate of drug-likeness (QED) is 0.0901. The van der Waals surface area contributed by atoms with Gasteiger partial charge in [-0.05, 0) is 89.8 Å². The zero-order valence-electron chi connectivity index (χ0n) is 34.1. The van der Waals surface area contributed by atoms with E-state index in [2.05, 4.69) is 86.2 Å². The Hall–Kier alpha value is -6.18. The number of carboxylic acid groups (broad SMARTS) is 1. The number of likely N-dealkylation sites (tertiary alicyclic amines) is 2. The molecular formula is C45H52N8O6. The van der Waals surface area contributed by atoms with E-state index < -0.39 is 24.3 Å². The highest BCUT2D eigenvalue weighted by Crippen LogP contribution is 2.50. The van der Waals surface area contributed by atoms with Crippen molar-refractivity contribution in [3.8, 4) is 33.5 Å². The van der Waals surface area contributed by atoms with Crippen LogP contribution in [-0.4, -0.2) is 90.6 Å². The highest BCUT2D eigenvalue weighted by atomic mass is 16.5. The van der Waals surface area contributed by atoms with Crippen molar-refractivity contribution in [2.24, 2.45) is 17.8 Å². The van der Waals surface area contributed by atoms with Gasteiger partial charge in [0, 0.05) is 12.6 Å². The predicted octanol–water partition coefficient (Wildman–Crippen LogP) is 7.68. The summed E-state index contributed by atoms with van der Waals surface area (Å²) in [6.07, 6.45) is 4.46. The Morgan fingerprint density at radius 3 is 2.05 bits per heavy atom. The summed E-state index contributed by atoms with van der Waals surface area (Å²) in [5.41, 5.74) is 7.82. The second-order valence-corrected chi connectivity index (χ2v) is 16.8. The van der Waals surface area contributed by atoms with Crippen LogP contribution in [0.4, 0.5) is 9.59 Å². The lowest BCUT2D eigenvalue weighted by Crippen LogP contribution is -2.54. The Labute approximate surface area is 343 Å². The van der Waals surface area contributed by atoms with Crippen molar-refractivity contribution >= 4 is 35.0 Å². The molecule has 14 nitrogen and oxygen atoms in total. The first-order chi connectivity index (χ1) is 28.4. The molecule has 1 saturated carbocycles. The summed E-state index contributed by atoms with van der Waals surface area (Å²) >= 11 is 0. The van der Waals surface area contributed by atoms with Crippen molar-refractivity contribution in [2.75, 3.05) is 13.7 Å². The Bertz CT molecular complexity index is 2350. The van der Waals surface area contributed by atoms with Gasteiger partial charge < -0.3 is 40.2 Å². The average Bonchev–Trinajstić information content (AvgIpc) is 4.09. The highest BCUT2D eigenvalue weighted by Gasteiger charge is 2.51. The van der Waals surface area contributed by atoms with Crippen LogP contribution in [0.1, 0.15) is 83.5 Å². The molecule has 4 heterocycles. The van der Waals surface area contributed by atoms with E-state index in [1.54, 1.807) is 11.1 Å². The van der Waals surface area contributed by atoms with Crippen molar-refractivity contribution in [3.05, 3.63) is 84.6 Å². The van der Waals surface area contributed by atoms with Crippen molar-refractivity contribution in [1.82, 2.24) is 40.4 Å². The van der Waals surface area contributed by atoms with Gasteiger partial charge in [0.15, 0.2) is 0 Å². The number of rotatable bonds is 11. The number of methoxy groups -OCH3 is 1. The fourth-order valence-corrected chi connectivity index (χ4v) is 9.36. The number of ether oxygens (including phenoxy) is 1. The number of amides is 4. The lowest BCUT2D eigenvalue weighted by molar-refractivity contribution is -0.139. The number of aromatic nitrogens is 4. The average molecular weight is 801 g/mol. The number of hydrogen-bond donors (Lipinski definition) is 5. The third-order valence-electron chi connectivity index (χ3n) is 12.4. The third-order valence-corrected chi connectivity index (χ3v) is 12.4. The largest absolute Gasteiger partial charge is 0.465 e. The predicted molar refractivity (Wildman–Crippen MR) is 223 cm³/mol. The maximum Gasteiger partial charge on any atom is 0.407 e. The topological polar surface area (TPSA) is 186 Å². The van der Waals surface area contributed by atoms with E-state index in [-0.39, 0.29) is 41.8 Å². The van der Waals surface area contributed by atoms with Crippen molar-refractivity contribution in [2.45, 2.75) is 90.0 Å². The molecule has 4 amide bonds. The molecule has 2 aromatic heterocycles. The van der Waals surface area contributed by atoms with Crippen molar-refractivity contribution in [3.63, 3.8) is 0 Å². The van der Waals surface area contributed by atoms with E-state index in [4.69, 9.17) is 9.72 Å². The number of imidazole rings is 2. The number of carbonyl (C=O) groups is 4. The van der Waals surface area contributed by atoms with Crippen LogP contribution >= 0.6 is 0 Å². The molecule has 1 aliphatic carbocycles. The van der Waals surface area contributed by atoms with Gasteiger partial charge in [-0.25, -0.2) is 19.6 Å². The molecule has 2 aliphatic heterocycles. The van der Waals surface area contributed by atoms with Crippen LogP contribution in [0.2, 0.25) is 0 Å². The number of piperidine rings is 1. The first kappa shape index (κ1) is 39.6. The summed E-state index contributed by atoms with van der Waals surface area (Å²) in [5.74, 6) is 1.17. The van der Waals surface area contributed by atoms with E-state index in [1.165, 1.54) is 7.11 Å². The van der Waals surface area contributed by atoms with Crippen LogP contribution in [0.25, 0.3) is 44.5 Å². The minimum absolute atomic E-state index is 0.0933. The van der Waals surface area contributed by atoms with Gasteiger partial charge in [-0.1, -0.05) is 82.3 Å². The number of nitrogens with zero attached hydrogens (tertiary/aromatic N) is 4. The normalized spacial score (nSPS) is 21.0. The van der Waals surface area contributed by atoms with Crippen LogP contribution in [0.15, 0.2) is 72.9 Å². The molecule has 14 heteroatoms. The molecule has 5 aromatic rings. The van der Waals surface area contributed by atoms with Gasteiger partial charge in [0.25, 0.3) is 0 Å². The molecule has 59 heavy (non-hydrogen) atoms. The number of carbonyl (C=O) groups excluding carboxylic acids is 3. The zero-order chi connectivity index (χ0) is 41.5. The first-order valence-corrected chi connectivity index (χ1v) is 20.6. The molecule has 3 aromatic carbocycles. The van der Waals surface area contributed by atoms with Crippen LogP contribution in [0, 0.1) is 17.8 Å². The van der Waals surface area contributed by atoms with E-state index in [0.29, 0.717) is 18.3 Å². The summed E-state index contributed by atoms with van der Waals surface area (Å²) < 4.78 is 4.83. The summed E-state index contributed by atoms with van der Waals surface area (Å²) in [4.78, 5) is 71.2. The standard InChI is InChI=1S/C45H52N8O6/c1-24(2)37(50-44(56)57)42(54)52-20-6-7-36(52)40-46-23-35(49-40)29-14-12-27(13-15-29)26-8-10-28(11-9-26)30-17-19-33-34(22-30)48-41(47-33)39-31-16-18-32(21-31)53(39)43(55)38(25(3)4)51-45(58)59-5/h8-15,17,19,22-25,31-32,36-39,50H,6-7,16,18,20-21H2,1-5H3,(H,46,49)(H,47,48)(H,51,58)(H,56,57). The van der Waals surface area contributed by atoms with E-state index >= 15 is 0 Å². The fourth-order valence-electron chi connectivity index (χ4n) is 9.36. The molecule has 5 N–H and O–H groups in total. The molecule has 0 spiro atoms. The Balaban J connectivity index is 0.954. The number of hydrogen-bond acceptors (Lipinski definition) is 7. The number of nitrogens with one attached hydrogen (secondary N) is 4. The molecule has 6 unspecified atom stereocenters. The smallest absolute Gasteiger partial charge is 0.407 e. The summed E-state index contributed by atoms with van der Waals surface area (Å²) in [6, 6.07) is 21.1. The molecule has 2 bridgehead atoms. The maximum atomic E-state index is 14.0. The van der Waals surface area contributed by atoms with E-state index in [1.807, 2.05) is 38.7 Å². The molecule has 3 fully saturated rings. The maximum absolute atomic E-state index is 14.0. The monoisotopic (exact) mass is 800 g/mol. The van der Waals surface area contributed by atoms with Gasteiger partial charge in [0.1, 0.15) is 23.7 Å². The molecular weight excluding hydrogens is 749 g/mol. The van der Waals surface area contributed by atoms with Gasteiger partial charge in [-0.3, -0.25) is 9.59 Å². The van der Waals surface area contributed by atoms with E-state index in [0.717, 1.165) is 82.5 Å². The van der Waals surface area contributed by atoms with Crippen LogP contribution in [0.5, 0.6) is 0 Å². The highest BCUT2D eigenvalue weighted by molar-refractivity contribution is 5.88. The Morgan fingerprint density at radius 1 is 0.780 bits per heavy atom. The zero-order valence-corrected chi connectivity index (χ0v) is 34.1. The molecule has 308 valence electrons. The SMILES string of the molecule is COC(=O)NC(C(=O)N1C2CCC(C2)C1c1nc2ccc(-c3ccc(-c4ccc(-c5cnc(C6CCCN6C(=O)C(NC(=O)O)C(C)C)[nH]5)cc4)cc3)cc2[nH]1)C(C)C. The van der Waals surface area contributed by atoms with Gasteiger partial charge in [0.2, 0.25) is 11.8 Å². The van der Waals surface area contributed by atoms with Crippen LogP contribution in [-0.2, 0) is 14.3 Å². The first-order valence-electron chi connectivity index (χ1n) is 20.6. The minimum atomic E-state index is -1.21.